The zero-order valence-electron chi connectivity index (χ0n) is 21.7. The highest BCUT2D eigenvalue weighted by molar-refractivity contribution is 6.05. The Hall–Kier alpha value is -3.90. The predicted octanol–water partition coefficient (Wildman–Crippen LogP) is 5.54. The van der Waals surface area contributed by atoms with E-state index in [1.165, 1.54) is 11.3 Å². The minimum atomic E-state index is -0.0652. The van der Waals surface area contributed by atoms with E-state index in [0.717, 1.165) is 61.4 Å². The summed E-state index contributed by atoms with van der Waals surface area (Å²) in [7, 11) is 0. The Morgan fingerprint density at radius 2 is 1.70 bits per heavy atom. The molecule has 1 saturated heterocycles. The standard InChI is InChI=1S/C31H35N5O/c1-23-8-13-30(24(2)20-23)31(37)34-27-9-11-28(12-10-27)35-18-15-26(16-19-35)32-17-14-25-21-33-36(22-25)29-6-4-3-5-7-29/h3-13,20-22,26,32H,14-19H2,1-2H3,(H,34,37). The topological polar surface area (TPSA) is 62.2 Å². The molecule has 0 unspecified atom stereocenters. The summed E-state index contributed by atoms with van der Waals surface area (Å²) < 4.78 is 1.94. The molecule has 1 fully saturated rings. The number of aromatic nitrogens is 2. The van der Waals surface area contributed by atoms with Gasteiger partial charge in [-0.15, -0.1) is 0 Å². The van der Waals surface area contributed by atoms with Crippen LogP contribution in [0.25, 0.3) is 5.69 Å². The van der Waals surface area contributed by atoms with E-state index in [-0.39, 0.29) is 5.91 Å². The van der Waals surface area contributed by atoms with Gasteiger partial charge in [0.15, 0.2) is 0 Å². The maximum atomic E-state index is 12.7. The van der Waals surface area contributed by atoms with Gasteiger partial charge in [0.1, 0.15) is 0 Å². The third-order valence-corrected chi connectivity index (χ3v) is 7.12. The molecule has 0 radical (unpaired) electrons. The van der Waals surface area contributed by atoms with E-state index in [1.807, 2.05) is 73.3 Å². The van der Waals surface area contributed by atoms with Gasteiger partial charge in [-0.3, -0.25) is 4.79 Å². The molecule has 0 aliphatic carbocycles. The third-order valence-electron chi connectivity index (χ3n) is 7.12. The molecule has 3 aromatic carbocycles. The van der Waals surface area contributed by atoms with Gasteiger partial charge in [0.2, 0.25) is 0 Å². The minimum absolute atomic E-state index is 0.0652. The normalized spacial score (nSPS) is 14.1. The lowest BCUT2D eigenvalue weighted by Gasteiger charge is -2.34. The number of hydrogen-bond acceptors (Lipinski definition) is 4. The molecule has 0 atom stereocenters. The smallest absolute Gasteiger partial charge is 0.255 e. The van der Waals surface area contributed by atoms with Gasteiger partial charge in [-0.2, -0.15) is 5.10 Å². The van der Waals surface area contributed by atoms with Crippen molar-refractivity contribution in [2.24, 2.45) is 0 Å². The van der Waals surface area contributed by atoms with Crippen LogP contribution in [-0.2, 0) is 6.42 Å². The lowest BCUT2D eigenvalue weighted by Crippen LogP contribution is -2.43. The van der Waals surface area contributed by atoms with Crippen LogP contribution in [0.2, 0.25) is 0 Å². The van der Waals surface area contributed by atoms with Crippen molar-refractivity contribution in [2.75, 3.05) is 29.9 Å². The van der Waals surface area contributed by atoms with Crippen molar-refractivity contribution in [3.63, 3.8) is 0 Å². The number of amides is 1. The SMILES string of the molecule is Cc1ccc(C(=O)Nc2ccc(N3CCC(NCCc4cnn(-c5ccccc5)c4)CC3)cc2)c(C)c1. The summed E-state index contributed by atoms with van der Waals surface area (Å²) in [5.74, 6) is -0.0652. The highest BCUT2D eigenvalue weighted by Gasteiger charge is 2.19. The van der Waals surface area contributed by atoms with E-state index >= 15 is 0 Å². The number of carbonyl (C=O) groups excluding carboxylic acids is 1. The van der Waals surface area contributed by atoms with Crippen molar-refractivity contribution >= 4 is 17.3 Å². The number of benzene rings is 3. The number of nitrogens with one attached hydrogen (secondary N) is 2. The molecule has 1 amide bonds. The molecule has 190 valence electrons. The lowest BCUT2D eigenvalue weighted by atomic mass is 10.0. The van der Waals surface area contributed by atoms with Crippen LogP contribution in [-0.4, -0.2) is 41.4 Å². The monoisotopic (exact) mass is 493 g/mol. The van der Waals surface area contributed by atoms with Gasteiger partial charge in [0.25, 0.3) is 5.91 Å². The molecular weight excluding hydrogens is 458 g/mol. The molecule has 1 aliphatic heterocycles. The molecule has 0 saturated carbocycles. The lowest BCUT2D eigenvalue weighted by molar-refractivity contribution is 0.102. The largest absolute Gasteiger partial charge is 0.371 e. The van der Waals surface area contributed by atoms with Crippen LogP contribution >= 0.6 is 0 Å². The van der Waals surface area contributed by atoms with Gasteiger partial charge in [-0.1, -0.05) is 35.9 Å². The highest BCUT2D eigenvalue weighted by Crippen LogP contribution is 2.23. The summed E-state index contributed by atoms with van der Waals surface area (Å²) in [4.78, 5) is 15.1. The second-order valence-electron chi connectivity index (χ2n) is 9.91. The number of para-hydroxylation sites is 1. The van der Waals surface area contributed by atoms with Crippen molar-refractivity contribution in [1.82, 2.24) is 15.1 Å². The van der Waals surface area contributed by atoms with Crippen molar-refractivity contribution in [2.45, 2.75) is 39.2 Å². The van der Waals surface area contributed by atoms with E-state index in [9.17, 15) is 4.79 Å². The Bertz CT molecular complexity index is 1320. The van der Waals surface area contributed by atoms with Crippen LogP contribution in [0.1, 0.15) is 39.9 Å². The van der Waals surface area contributed by atoms with Crippen LogP contribution in [0.3, 0.4) is 0 Å². The van der Waals surface area contributed by atoms with Crippen molar-refractivity contribution in [1.29, 1.82) is 0 Å². The summed E-state index contributed by atoms with van der Waals surface area (Å²) in [5.41, 5.74) is 7.23. The van der Waals surface area contributed by atoms with Gasteiger partial charge in [0.05, 0.1) is 11.9 Å². The zero-order chi connectivity index (χ0) is 25.6. The van der Waals surface area contributed by atoms with Gasteiger partial charge < -0.3 is 15.5 Å². The number of nitrogens with zero attached hydrogens (tertiary/aromatic N) is 3. The third kappa shape index (κ3) is 6.27. The van der Waals surface area contributed by atoms with E-state index < -0.39 is 0 Å². The predicted molar refractivity (Wildman–Crippen MR) is 151 cm³/mol. The summed E-state index contributed by atoms with van der Waals surface area (Å²) >= 11 is 0. The van der Waals surface area contributed by atoms with E-state index in [1.54, 1.807) is 0 Å². The first kappa shape index (κ1) is 24.8. The molecule has 0 bridgehead atoms. The Balaban J connectivity index is 1.06. The fraction of sp³-hybridized carbons (Fsp3) is 0.290. The fourth-order valence-corrected chi connectivity index (χ4v) is 5.00. The second kappa shape index (κ2) is 11.4. The Labute approximate surface area is 219 Å². The first-order chi connectivity index (χ1) is 18.0. The molecule has 1 aliphatic rings. The number of anilines is 2. The Morgan fingerprint density at radius 1 is 0.946 bits per heavy atom. The molecule has 6 heteroatoms. The molecule has 1 aromatic heterocycles. The van der Waals surface area contributed by atoms with E-state index in [4.69, 9.17) is 0 Å². The molecular formula is C31H35N5O. The number of rotatable bonds is 8. The van der Waals surface area contributed by atoms with Crippen LogP contribution < -0.4 is 15.5 Å². The molecule has 5 rings (SSSR count). The van der Waals surface area contributed by atoms with Gasteiger partial charge in [0, 0.05) is 42.3 Å². The van der Waals surface area contributed by atoms with Gasteiger partial charge in [-0.05, 0) is 93.2 Å². The van der Waals surface area contributed by atoms with Crippen LogP contribution in [0.4, 0.5) is 11.4 Å². The molecule has 0 spiro atoms. The number of piperidine rings is 1. The van der Waals surface area contributed by atoms with E-state index in [2.05, 4.69) is 51.1 Å². The zero-order valence-corrected chi connectivity index (χ0v) is 21.7. The maximum absolute atomic E-state index is 12.7. The van der Waals surface area contributed by atoms with Crippen molar-refractivity contribution in [3.05, 3.63) is 107 Å². The maximum Gasteiger partial charge on any atom is 0.255 e. The molecule has 4 aromatic rings. The quantitative estimate of drug-likeness (QED) is 0.338. The minimum Gasteiger partial charge on any atom is -0.371 e. The fourth-order valence-electron chi connectivity index (χ4n) is 5.00. The highest BCUT2D eigenvalue weighted by atomic mass is 16.1. The molecule has 37 heavy (non-hydrogen) atoms. The first-order valence-electron chi connectivity index (χ1n) is 13.1. The van der Waals surface area contributed by atoms with Crippen molar-refractivity contribution in [3.8, 4) is 5.69 Å². The summed E-state index contributed by atoms with van der Waals surface area (Å²) in [6.45, 7) is 7.02. The molecule has 6 nitrogen and oxygen atoms in total. The Morgan fingerprint density at radius 3 is 2.43 bits per heavy atom. The number of carbonyl (C=O) groups is 1. The Kier molecular flexibility index (Phi) is 7.66. The van der Waals surface area contributed by atoms with Gasteiger partial charge in [-0.25, -0.2) is 4.68 Å². The average Bonchev–Trinajstić information content (AvgIpc) is 3.39. The van der Waals surface area contributed by atoms with Gasteiger partial charge >= 0.3 is 0 Å². The average molecular weight is 494 g/mol. The number of aryl methyl sites for hydroxylation is 2. The molecule has 2 heterocycles. The first-order valence-corrected chi connectivity index (χ1v) is 13.1. The molecule has 2 N–H and O–H groups in total. The second-order valence-corrected chi connectivity index (χ2v) is 9.91. The summed E-state index contributed by atoms with van der Waals surface area (Å²) in [6, 6.07) is 24.9. The van der Waals surface area contributed by atoms with E-state index in [0.29, 0.717) is 11.6 Å². The summed E-state index contributed by atoms with van der Waals surface area (Å²) in [5, 5.41) is 11.3. The van der Waals surface area contributed by atoms with Crippen LogP contribution in [0, 0.1) is 13.8 Å². The van der Waals surface area contributed by atoms with Crippen LogP contribution in [0.15, 0.2) is 85.2 Å². The number of hydrogen-bond donors (Lipinski definition) is 2. The van der Waals surface area contributed by atoms with Crippen LogP contribution in [0.5, 0.6) is 0 Å². The van der Waals surface area contributed by atoms with Crippen molar-refractivity contribution < 1.29 is 4.79 Å². The summed E-state index contributed by atoms with van der Waals surface area (Å²) in [6.07, 6.45) is 7.30.